The molecule has 0 amide bonds. The molecule has 8 N–H and O–H groups in total. The van der Waals surface area contributed by atoms with Crippen LogP contribution in [0.1, 0.15) is 56.9 Å². The number of rotatable bonds is 5. The molecule has 1 unspecified atom stereocenters. The first kappa shape index (κ1) is 30.5. The molecule has 6 rings (SSSR count). The third-order valence-corrected chi connectivity index (χ3v) is 9.59. The second-order valence-electron chi connectivity index (χ2n) is 12.3. The first-order valence-electron chi connectivity index (χ1n) is 15.3. The first-order chi connectivity index (χ1) is 21.5. The number of allylic oxidation sites excluding steroid dienone is 5. The van der Waals surface area contributed by atoms with Crippen molar-refractivity contribution in [3.8, 4) is 11.5 Å². The molecule has 0 spiro atoms. The smallest absolute Gasteiger partial charge is 0.333 e. The molecule has 4 aliphatic heterocycles. The minimum atomic E-state index is -1.08. The van der Waals surface area contributed by atoms with Crippen molar-refractivity contribution in [3.05, 3.63) is 91.8 Å². The summed E-state index contributed by atoms with van der Waals surface area (Å²) >= 11 is 0. The van der Waals surface area contributed by atoms with Crippen molar-refractivity contribution >= 4 is 16.9 Å². The number of aliphatic hydroxyl groups is 1. The van der Waals surface area contributed by atoms with Gasteiger partial charge in [-0.25, -0.2) is 4.79 Å². The molecular weight excluding hydrogens is 576 g/mol. The van der Waals surface area contributed by atoms with Gasteiger partial charge in [0.25, 0.3) is 0 Å². The Morgan fingerprint density at radius 1 is 1.31 bits per heavy atom. The number of ether oxygens (including phenoxy) is 2. The number of phenols is 1. The van der Waals surface area contributed by atoms with E-state index in [4.69, 9.17) is 25.4 Å². The van der Waals surface area contributed by atoms with Gasteiger partial charge in [0, 0.05) is 54.3 Å². The quantitative estimate of drug-likeness (QED) is 0.215. The minimum absolute atomic E-state index is 0.00980. The molecule has 1 aromatic heterocycles. The van der Waals surface area contributed by atoms with E-state index in [-0.39, 0.29) is 41.0 Å². The maximum absolute atomic E-state index is 13.4. The van der Waals surface area contributed by atoms with E-state index in [0.29, 0.717) is 60.5 Å². The second kappa shape index (κ2) is 11.8. The Hall–Kier alpha value is -4.48. The van der Waals surface area contributed by atoms with Crippen LogP contribution in [0.5, 0.6) is 11.5 Å². The number of carbonyl (C=O) groups is 1. The summed E-state index contributed by atoms with van der Waals surface area (Å²) in [5.74, 6) is 0.0498. The Morgan fingerprint density at radius 2 is 2.11 bits per heavy atom. The van der Waals surface area contributed by atoms with E-state index in [2.05, 4.69) is 16.7 Å². The minimum Gasteiger partial charge on any atom is -0.507 e. The number of phenolic OH excluding ortho intramolecular Hbond substituents is 1. The molecular formula is C34H40N4O7. The van der Waals surface area contributed by atoms with Gasteiger partial charge in [-0.1, -0.05) is 18.2 Å². The third-order valence-electron chi connectivity index (χ3n) is 9.59. The topological polar surface area (TPSA) is 182 Å². The fourth-order valence-corrected chi connectivity index (χ4v) is 6.80. The molecule has 2 bridgehead atoms. The van der Waals surface area contributed by atoms with E-state index in [1.165, 1.54) is 6.07 Å². The molecule has 0 saturated heterocycles. The second-order valence-corrected chi connectivity index (χ2v) is 12.3. The van der Waals surface area contributed by atoms with Crippen LogP contribution in [0.2, 0.25) is 0 Å². The molecule has 45 heavy (non-hydrogen) atoms. The number of hydrogen-bond donors (Lipinski definition) is 6. The van der Waals surface area contributed by atoms with E-state index in [0.717, 1.165) is 16.7 Å². The Morgan fingerprint density at radius 3 is 2.82 bits per heavy atom. The summed E-state index contributed by atoms with van der Waals surface area (Å²) in [6.07, 6.45) is 10.7. The van der Waals surface area contributed by atoms with Gasteiger partial charge < -0.3 is 46.2 Å². The number of fused-ring (bicyclic) bond motifs is 4. The summed E-state index contributed by atoms with van der Waals surface area (Å²) < 4.78 is 19.3. The maximum Gasteiger partial charge on any atom is 0.333 e. The lowest BCUT2D eigenvalue weighted by molar-refractivity contribution is -0.165. The van der Waals surface area contributed by atoms with Crippen molar-refractivity contribution in [1.29, 1.82) is 0 Å². The zero-order valence-electron chi connectivity index (χ0n) is 25.7. The number of nitrogens with one attached hydrogen (secondary N) is 2. The van der Waals surface area contributed by atoms with E-state index in [1.807, 2.05) is 25.3 Å². The van der Waals surface area contributed by atoms with Gasteiger partial charge >= 0.3 is 5.97 Å². The van der Waals surface area contributed by atoms with Crippen LogP contribution in [-0.2, 0) is 29.0 Å². The van der Waals surface area contributed by atoms with Crippen molar-refractivity contribution < 1.29 is 28.9 Å². The van der Waals surface area contributed by atoms with Crippen LogP contribution in [0, 0.1) is 5.92 Å². The van der Waals surface area contributed by atoms with Crippen LogP contribution in [0.15, 0.2) is 73.9 Å². The average molecular weight is 617 g/mol. The fourth-order valence-electron chi connectivity index (χ4n) is 6.80. The van der Waals surface area contributed by atoms with Gasteiger partial charge in [-0.05, 0) is 62.8 Å². The lowest BCUT2D eigenvalue weighted by Gasteiger charge is -2.48. The molecule has 2 aromatic rings. The van der Waals surface area contributed by atoms with Crippen LogP contribution in [0.4, 0.5) is 0 Å². The highest BCUT2D eigenvalue weighted by atomic mass is 16.6. The van der Waals surface area contributed by atoms with Crippen LogP contribution >= 0.6 is 0 Å². The molecule has 0 radical (unpaired) electrons. The number of dihydropyridines is 2. The molecule has 1 aromatic carbocycles. The number of aliphatic hydroxyl groups excluding tert-OH is 1. The van der Waals surface area contributed by atoms with Crippen LogP contribution in [0.25, 0.3) is 11.0 Å². The normalized spacial score (nSPS) is 26.2. The van der Waals surface area contributed by atoms with E-state index >= 15 is 0 Å². The van der Waals surface area contributed by atoms with Gasteiger partial charge in [-0.2, -0.15) is 0 Å². The standard InChI is InChI=1S/C34H40N4O7/c1-4-17(2)33(42)44-26-14-23-29(41)28-25(40)13-21(16-39)43-31(28)24-12-19-9-10-37-32(36)22(19)7-6-20(34(26,3)45-30(23)24)11-18-5-8-27(35)38-15-18/h4-5,8-9,13,15,20,26-27,37-39,41H,6-7,10-12,14,16,35-36H2,1-3H3/b17-4-/t20-,26+,27?,34-/m0/s1. The number of aromatic hydroxyl groups is 1. The van der Waals surface area contributed by atoms with Crippen LogP contribution in [-0.4, -0.2) is 40.6 Å². The highest BCUT2D eigenvalue weighted by molar-refractivity contribution is 5.91. The Kier molecular flexibility index (Phi) is 8.00. The van der Waals surface area contributed by atoms with E-state index in [1.54, 1.807) is 19.9 Å². The fraction of sp³-hybridized carbons (Fsp3) is 0.412. The highest BCUT2D eigenvalue weighted by Gasteiger charge is 2.51. The molecule has 0 saturated carbocycles. The molecule has 5 heterocycles. The van der Waals surface area contributed by atoms with E-state index in [9.17, 15) is 19.8 Å². The molecule has 0 fully saturated rings. The lowest BCUT2D eigenvalue weighted by atomic mass is 9.72. The van der Waals surface area contributed by atoms with Crippen molar-refractivity contribution in [2.45, 2.75) is 77.4 Å². The van der Waals surface area contributed by atoms with Crippen LogP contribution < -0.4 is 32.3 Å². The first-order valence-corrected chi connectivity index (χ1v) is 15.3. The summed E-state index contributed by atoms with van der Waals surface area (Å²) in [6.45, 7) is 5.43. The molecule has 11 heteroatoms. The van der Waals surface area contributed by atoms with Gasteiger partial charge in [-0.3, -0.25) is 4.79 Å². The largest absolute Gasteiger partial charge is 0.507 e. The molecule has 4 atom stereocenters. The van der Waals surface area contributed by atoms with Gasteiger partial charge in [0.15, 0.2) is 5.43 Å². The van der Waals surface area contributed by atoms with Crippen molar-refractivity contribution in [2.24, 2.45) is 17.4 Å². The number of benzene rings is 1. The number of esters is 1. The van der Waals surface area contributed by atoms with Gasteiger partial charge in [0.1, 0.15) is 46.5 Å². The molecule has 0 aliphatic carbocycles. The van der Waals surface area contributed by atoms with Crippen molar-refractivity contribution in [2.75, 3.05) is 6.54 Å². The average Bonchev–Trinajstić information content (AvgIpc) is 3.02. The van der Waals surface area contributed by atoms with Crippen LogP contribution in [0.3, 0.4) is 0 Å². The van der Waals surface area contributed by atoms with Gasteiger partial charge in [-0.15, -0.1) is 0 Å². The van der Waals surface area contributed by atoms with E-state index < -0.39 is 29.7 Å². The predicted octanol–water partition coefficient (Wildman–Crippen LogP) is 2.93. The summed E-state index contributed by atoms with van der Waals surface area (Å²) in [6, 6.07) is 1.18. The predicted molar refractivity (Wildman–Crippen MR) is 169 cm³/mol. The molecule has 4 aliphatic rings. The summed E-state index contributed by atoms with van der Waals surface area (Å²) in [5, 5.41) is 27.9. The van der Waals surface area contributed by atoms with Crippen molar-refractivity contribution in [3.63, 3.8) is 0 Å². The number of hydrogen-bond acceptors (Lipinski definition) is 11. The lowest BCUT2D eigenvalue weighted by Crippen LogP contribution is -2.56. The van der Waals surface area contributed by atoms with Gasteiger partial charge in [0.2, 0.25) is 0 Å². The zero-order chi connectivity index (χ0) is 32.0. The molecule has 11 nitrogen and oxygen atoms in total. The number of carbonyl (C=O) groups excluding carboxylic acids is 1. The zero-order valence-corrected chi connectivity index (χ0v) is 25.7. The summed E-state index contributed by atoms with van der Waals surface area (Å²) in [5.41, 5.74) is 15.4. The Bertz CT molecular complexity index is 1780. The Balaban J connectivity index is 1.61. The third kappa shape index (κ3) is 5.40. The highest BCUT2D eigenvalue weighted by Crippen LogP contribution is 2.51. The SMILES string of the molecule is C/C=C(/C)C(=O)O[C@@H]1Cc2c3c(c4oc(CO)cc(=O)c4c2O)CC2=CCNC(N)=C2CC[C@@H](CC2=CNC(N)C=C2)[C@]1(C)O3. The summed E-state index contributed by atoms with van der Waals surface area (Å²) in [4.78, 5) is 26.6. The van der Waals surface area contributed by atoms with Crippen molar-refractivity contribution in [1.82, 2.24) is 10.6 Å². The molecule has 238 valence electrons. The monoisotopic (exact) mass is 616 g/mol. The van der Waals surface area contributed by atoms with Gasteiger partial charge in [0.05, 0.1) is 12.0 Å². The Labute approximate surface area is 260 Å². The maximum atomic E-state index is 13.4. The number of nitrogens with two attached hydrogens (primary N) is 2. The summed E-state index contributed by atoms with van der Waals surface area (Å²) in [7, 11) is 0.